The molecule has 2 amide bonds. The highest BCUT2D eigenvalue weighted by atomic mass is 16.7. The fraction of sp³-hybridized carbons (Fsp3) is 0.300. The quantitative estimate of drug-likeness (QED) is 0.561. The van der Waals surface area contributed by atoms with Gasteiger partial charge in [-0.15, -0.1) is 0 Å². The lowest BCUT2D eigenvalue weighted by Crippen LogP contribution is -2.26. The molecule has 1 aromatic carbocycles. The summed E-state index contributed by atoms with van der Waals surface area (Å²) in [4.78, 5) is 29.2. The van der Waals surface area contributed by atoms with Crippen LogP contribution in [0.25, 0.3) is 0 Å². The SMILES string of the molecule is COc1c(/C=N/NC(=O)c2ccncc2)c(CCN(C)C(C)=O)cc2c1OCO2. The summed E-state index contributed by atoms with van der Waals surface area (Å²) >= 11 is 0. The number of nitrogens with zero attached hydrogens (tertiary/aromatic N) is 3. The molecule has 29 heavy (non-hydrogen) atoms. The van der Waals surface area contributed by atoms with Crippen molar-refractivity contribution in [3.63, 3.8) is 0 Å². The van der Waals surface area contributed by atoms with Crippen molar-refractivity contribution in [2.45, 2.75) is 13.3 Å². The Morgan fingerprint density at radius 2 is 2.10 bits per heavy atom. The minimum Gasteiger partial charge on any atom is -0.492 e. The second-order valence-electron chi connectivity index (χ2n) is 6.34. The number of hydrazone groups is 1. The predicted molar refractivity (Wildman–Crippen MR) is 105 cm³/mol. The van der Waals surface area contributed by atoms with E-state index in [9.17, 15) is 9.59 Å². The number of amides is 2. The maximum atomic E-state index is 12.2. The minimum absolute atomic E-state index is 0.0301. The Hall–Kier alpha value is -3.62. The molecule has 0 bridgehead atoms. The van der Waals surface area contributed by atoms with Crippen LogP contribution in [0.15, 0.2) is 35.7 Å². The minimum atomic E-state index is -0.360. The molecular formula is C20H22N4O5. The molecule has 1 aromatic heterocycles. The average Bonchev–Trinajstić information content (AvgIpc) is 3.20. The van der Waals surface area contributed by atoms with E-state index in [1.54, 1.807) is 24.1 Å². The fourth-order valence-electron chi connectivity index (χ4n) is 2.80. The van der Waals surface area contributed by atoms with Gasteiger partial charge in [0.25, 0.3) is 5.91 Å². The maximum Gasteiger partial charge on any atom is 0.271 e. The molecule has 2 aromatic rings. The van der Waals surface area contributed by atoms with Gasteiger partial charge in [0.15, 0.2) is 11.5 Å². The van der Waals surface area contributed by atoms with Crippen LogP contribution < -0.4 is 19.6 Å². The number of carbonyl (C=O) groups is 2. The number of rotatable bonds is 7. The van der Waals surface area contributed by atoms with Crippen molar-refractivity contribution < 1.29 is 23.8 Å². The molecule has 1 aliphatic rings. The molecule has 0 aliphatic carbocycles. The maximum absolute atomic E-state index is 12.2. The van der Waals surface area contributed by atoms with Crippen LogP contribution in [0.3, 0.4) is 0 Å². The first-order chi connectivity index (χ1) is 14.0. The van der Waals surface area contributed by atoms with E-state index in [4.69, 9.17) is 14.2 Å². The predicted octanol–water partition coefficient (Wildman–Crippen LogP) is 1.60. The van der Waals surface area contributed by atoms with E-state index in [2.05, 4.69) is 15.5 Å². The molecule has 0 radical (unpaired) electrons. The Balaban J connectivity index is 1.86. The summed E-state index contributed by atoms with van der Waals surface area (Å²) in [5.74, 6) is 1.12. The summed E-state index contributed by atoms with van der Waals surface area (Å²) in [7, 11) is 3.25. The molecule has 0 unspecified atom stereocenters. The highest BCUT2D eigenvalue weighted by Crippen LogP contribution is 2.44. The molecule has 152 valence electrons. The van der Waals surface area contributed by atoms with Gasteiger partial charge in [-0.05, 0) is 30.2 Å². The zero-order chi connectivity index (χ0) is 20.8. The normalized spacial score (nSPS) is 12.1. The van der Waals surface area contributed by atoms with Crippen LogP contribution in [0, 0.1) is 0 Å². The lowest BCUT2D eigenvalue weighted by molar-refractivity contribution is -0.127. The van der Waals surface area contributed by atoms with Gasteiger partial charge in [0, 0.05) is 44.0 Å². The van der Waals surface area contributed by atoms with Gasteiger partial charge in [-0.1, -0.05) is 0 Å². The molecule has 0 spiro atoms. The van der Waals surface area contributed by atoms with Crippen molar-refractivity contribution >= 4 is 18.0 Å². The molecule has 1 aliphatic heterocycles. The lowest BCUT2D eigenvalue weighted by Gasteiger charge is -2.17. The number of aromatic nitrogens is 1. The first-order valence-electron chi connectivity index (χ1n) is 8.96. The van der Waals surface area contributed by atoms with Crippen molar-refractivity contribution in [3.05, 3.63) is 47.3 Å². The summed E-state index contributed by atoms with van der Waals surface area (Å²) < 4.78 is 16.5. The van der Waals surface area contributed by atoms with Crippen LogP contribution in [0.1, 0.15) is 28.4 Å². The third-order valence-electron chi connectivity index (χ3n) is 4.50. The first-order valence-corrected chi connectivity index (χ1v) is 8.96. The van der Waals surface area contributed by atoms with Crippen molar-refractivity contribution in [2.24, 2.45) is 5.10 Å². The molecule has 9 heteroatoms. The summed E-state index contributed by atoms with van der Waals surface area (Å²) in [6.07, 6.45) is 5.11. The molecule has 0 saturated heterocycles. The van der Waals surface area contributed by atoms with E-state index in [1.165, 1.54) is 32.6 Å². The number of benzene rings is 1. The van der Waals surface area contributed by atoms with Gasteiger partial charge in [0.2, 0.25) is 18.4 Å². The van der Waals surface area contributed by atoms with Gasteiger partial charge in [0.05, 0.1) is 13.3 Å². The molecule has 9 nitrogen and oxygen atoms in total. The Kier molecular flexibility index (Phi) is 6.28. The number of hydrogen-bond acceptors (Lipinski definition) is 7. The van der Waals surface area contributed by atoms with E-state index < -0.39 is 0 Å². The summed E-state index contributed by atoms with van der Waals surface area (Å²) in [6.45, 7) is 2.11. The molecule has 1 N–H and O–H groups in total. The third kappa shape index (κ3) is 4.63. The van der Waals surface area contributed by atoms with E-state index in [0.29, 0.717) is 41.3 Å². The smallest absolute Gasteiger partial charge is 0.271 e. The number of likely N-dealkylation sites (N-methyl/N-ethyl adjacent to an activating group) is 1. The highest BCUT2D eigenvalue weighted by Gasteiger charge is 2.25. The van der Waals surface area contributed by atoms with Crippen LogP contribution in [0.4, 0.5) is 0 Å². The third-order valence-corrected chi connectivity index (χ3v) is 4.50. The summed E-state index contributed by atoms with van der Waals surface area (Å²) in [5.41, 5.74) is 4.42. The fourth-order valence-corrected chi connectivity index (χ4v) is 2.80. The molecule has 2 heterocycles. The second-order valence-corrected chi connectivity index (χ2v) is 6.34. The van der Waals surface area contributed by atoms with E-state index in [-0.39, 0.29) is 18.6 Å². The number of nitrogens with one attached hydrogen (secondary N) is 1. The second kappa shape index (κ2) is 9.05. The standard InChI is InChI=1S/C20H22N4O5/c1-13(25)24(2)9-6-15-10-17-19(29-12-28-17)18(27-3)16(15)11-22-23-20(26)14-4-7-21-8-5-14/h4-5,7-8,10-11H,6,9,12H2,1-3H3,(H,23,26)/b22-11+. The topological polar surface area (TPSA) is 102 Å². The number of carbonyl (C=O) groups excluding carboxylic acids is 2. The monoisotopic (exact) mass is 398 g/mol. The molecule has 3 rings (SSSR count). The van der Waals surface area contributed by atoms with Crippen LogP contribution >= 0.6 is 0 Å². The Labute approximate surface area is 168 Å². The van der Waals surface area contributed by atoms with E-state index in [0.717, 1.165) is 5.56 Å². The summed E-state index contributed by atoms with van der Waals surface area (Å²) in [5, 5.41) is 4.07. The number of methoxy groups -OCH3 is 1. The van der Waals surface area contributed by atoms with Gasteiger partial charge < -0.3 is 19.1 Å². The number of ether oxygens (including phenoxy) is 3. The summed E-state index contributed by atoms with van der Waals surface area (Å²) in [6, 6.07) is 5.02. The number of pyridine rings is 1. The van der Waals surface area contributed by atoms with Gasteiger partial charge in [-0.25, -0.2) is 5.43 Å². The van der Waals surface area contributed by atoms with E-state index in [1.807, 2.05) is 6.07 Å². The zero-order valence-electron chi connectivity index (χ0n) is 16.5. The van der Waals surface area contributed by atoms with Gasteiger partial charge in [-0.3, -0.25) is 14.6 Å². The molecular weight excluding hydrogens is 376 g/mol. The van der Waals surface area contributed by atoms with Gasteiger partial charge >= 0.3 is 0 Å². The van der Waals surface area contributed by atoms with Crippen LogP contribution in [-0.2, 0) is 11.2 Å². The van der Waals surface area contributed by atoms with Gasteiger partial charge in [-0.2, -0.15) is 5.10 Å². The van der Waals surface area contributed by atoms with Crippen LogP contribution in [0.5, 0.6) is 17.2 Å². The van der Waals surface area contributed by atoms with Crippen LogP contribution in [-0.4, -0.2) is 55.4 Å². The van der Waals surface area contributed by atoms with Crippen molar-refractivity contribution in [1.82, 2.24) is 15.3 Å². The Morgan fingerprint density at radius 1 is 1.34 bits per heavy atom. The van der Waals surface area contributed by atoms with Crippen molar-refractivity contribution in [1.29, 1.82) is 0 Å². The Bertz CT molecular complexity index is 930. The van der Waals surface area contributed by atoms with Crippen molar-refractivity contribution in [3.8, 4) is 17.2 Å². The largest absolute Gasteiger partial charge is 0.492 e. The first kappa shape index (κ1) is 20.1. The molecule has 0 atom stereocenters. The number of fused-ring (bicyclic) bond motifs is 1. The van der Waals surface area contributed by atoms with Crippen LogP contribution in [0.2, 0.25) is 0 Å². The zero-order valence-corrected chi connectivity index (χ0v) is 16.5. The average molecular weight is 398 g/mol. The molecule has 0 saturated carbocycles. The molecule has 0 fully saturated rings. The lowest BCUT2D eigenvalue weighted by atomic mass is 10.0. The van der Waals surface area contributed by atoms with Crippen molar-refractivity contribution in [2.75, 3.05) is 27.5 Å². The van der Waals surface area contributed by atoms with E-state index >= 15 is 0 Å². The number of hydrogen-bond donors (Lipinski definition) is 1. The Morgan fingerprint density at radius 3 is 2.79 bits per heavy atom. The van der Waals surface area contributed by atoms with Gasteiger partial charge in [0.1, 0.15) is 0 Å². The highest BCUT2D eigenvalue weighted by molar-refractivity contribution is 5.95.